The van der Waals surface area contributed by atoms with Crippen molar-refractivity contribution in [3.8, 4) is 11.8 Å². The minimum absolute atomic E-state index is 0.462. The number of ether oxygens (including phenoxy) is 2. The maximum absolute atomic E-state index is 5.43. The summed E-state index contributed by atoms with van der Waals surface area (Å²) in [6.07, 6.45) is 3.15. The van der Waals surface area contributed by atoms with Gasteiger partial charge in [-0.2, -0.15) is 4.98 Å². The molecule has 0 saturated heterocycles. The predicted molar refractivity (Wildman–Crippen MR) is 61.8 cm³/mol. The molecule has 1 N–H and O–H groups in total. The minimum Gasteiger partial charge on any atom is -0.477 e. The highest BCUT2D eigenvalue weighted by atomic mass is 16.5. The van der Waals surface area contributed by atoms with E-state index in [4.69, 9.17) is 9.47 Å². The van der Waals surface area contributed by atoms with Crippen molar-refractivity contribution in [1.29, 1.82) is 0 Å². The smallest absolute Gasteiger partial charge is 0.235 e. The van der Waals surface area contributed by atoms with Gasteiger partial charge in [-0.3, -0.25) is 4.98 Å². The maximum atomic E-state index is 5.43. The molecule has 0 saturated carbocycles. The van der Waals surface area contributed by atoms with Crippen molar-refractivity contribution in [2.24, 2.45) is 0 Å². The monoisotopic (exact) mass is 225 g/mol. The Morgan fingerprint density at radius 1 is 1.25 bits per heavy atom. The van der Waals surface area contributed by atoms with Crippen molar-refractivity contribution in [3.63, 3.8) is 0 Å². The molecule has 1 aromatic rings. The van der Waals surface area contributed by atoms with Gasteiger partial charge in [0.25, 0.3) is 0 Å². The molecule has 5 heteroatoms. The van der Waals surface area contributed by atoms with Crippen LogP contribution in [0.4, 0.5) is 0 Å². The molecule has 1 aromatic heterocycles. The lowest BCUT2D eigenvalue weighted by Gasteiger charge is -2.09. The molecular formula is C11H19N3O2. The van der Waals surface area contributed by atoms with Crippen molar-refractivity contribution in [2.75, 3.05) is 19.8 Å². The fourth-order valence-corrected chi connectivity index (χ4v) is 1.12. The molecule has 16 heavy (non-hydrogen) atoms. The zero-order chi connectivity index (χ0) is 11.8. The van der Waals surface area contributed by atoms with Gasteiger partial charge in [-0.15, -0.1) is 0 Å². The number of hydrogen-bond donors (Lipinski definition) is 1. The Bertz CT molecular complexity index is 305. The van der Waals surface area contributed by atoms with E-state index in [0.717, 1.165) is 6.54 Å². The first-order chi connectivity index (χ1) is 7.72. The second-order valence-electron chi connectivity index (χ2n) is 3.59. The molecule has 0 radical (unpaired) electrons. The Hall–Kier alpha value is -1.36. The molecule has 5 nitrogen and oxygen atoms in total. The summed E-state index contributed by atoms with van der Waals surface area (Å²) in [7, 11) is 0. The van der Waals surface area contributed by atoms with Crippen molar-refractivity contribution in [3.05, 3.63) is 12.4 Å². The van der Waals surface area contributed by atoms with Gasteiger partial charge in [-0.1, -0.05) is 13.8 Å². The fraction of sp³-hybridized carbons (Fsp3) is 0.636. The standard InChI is InChI=1S/C11H19N3O2/c1-4-15-10-7-12-8-11(14-10)16-6-5-13-9(2)3/h7-9,13H,4-6H2,1-3H3. The first kappa shape index (κ1) is 12.7. The summed E-state index contributed by atoms with van der Waals surface area (Å²) < 4.78 is 10.6. The summed E-state index contributed by atoms with van der Waals surface area (Å²) in [5, 5.41) is 3.25. The third kappa shape index (κ3) is 4.93. The van der Waals surface area contributed by atoms with E-state index < -0.39 is 0 Å². The largest absolute Gasteiger partial charge is 0.477 e. The number of aromatic nitrogens is 2. The Kier molecular flexibility index (Phi) is 5.56. The van der Waals surface area contributed by atoms with Crippen LogP contribution < -0.4 is 14.8 Å². The lowest BCUT2D eigenvalue weighted by Crippen LogP contribution is -2.27. The van der Waals surface area contributed by atoms with E-state index in [1.165, 1.54) is 0 Å². The summed E-state index contributed by atoms with van der Waals surface area (Å²) in [5.74, 6) is 0.994. The van der Waals surface area contributed by atoms with Gasteiger partial charge in [0.15, 0.2) is 0 Å². The van der Waals surface area contributed by atoms with Crippen LogP contribution in [0.1, 0.15) is 20.8 Å². The Labute approximate surface area is 96.2 Å². The molecule has 0 aliphatic carbocycles. The van der Waals surface area contributed by atoms with Gasteiger partial charge in [-0.25, -0.2) is 0 Å². The number of nitrogens with zero attached hydrogens (tertiary/aromatic N) is 2. The Morgan fingerprint density at radius 3 is 2.56 bits per heavy atom. The van der Waals surface area contributed by atoms with Crippen molar-refractivity contribution in [1.82, 2.24) is 15.3 Å². The highest BCUT2D eigenvalue weighted by molar-refractivity contribution is 5.12. The normalized spacial score (nSPS) is 10.5. The predicted octanol–water partition coefficient (Wildman–Crippen LogP) is 1.25. The Balaban J connectivity index is 2.33. The van der Waals surface area contributed by atoms with Crippen LogP contribution in [0.15, 0.2) is 12.4 Å². The van der Waals surface area contributed by atoms with E-state index in [9.17, 15) is 0 Å². The minimum atomic E-state index is 0.462. The van der Waals surface area contributed by atoms with E-state index in [-0.39, 0.29) is 0 Å². The maximum Gasteiger partial charge on any atom is 0.235 e. The average Bonchev–Trinajstić information content (AvgIpc) is 2.25. The molecule has 0 amide bonds. The molecule has 0 spiro atoms. The molecular weight excluding hydrogens is 206 g/mol. The molecule has 0 aliphatic rings. The highest BCUT2D eigenvalue weighted by Gasteiger charge is 2.00. The van der Waals surface area contributed by atoms with E-state index in [1.807, 2.05) is 6.92 Å². The van der Waals surface area contributed by atoms with Gasteiger partial charge in [0.05, 0.1) is 19.0 Å². The van der Waals surface area contributed by atoms with Gasteiger partial charge in [0, 0.05) is 12.6 Å². The Morgan fingerprint density at radius 2 is 1.94 bits per heavy atom. The zero-order valence-electron chi connectivity index (χ0n) is 10.1. The SMILES string of the molecule is CCOc1cncc(OCCNC(C)C)n1. The molecule has 0 atom stereocenters. The molecule has 0 aliphatic heterocycles. The van der Waals surface area contributed by atoms with Crippen LogP contribution in [0, 0.1) is 0 Å². The number of nitrogens with one attached hydrogen (secondary N) is 1. The molecule has 1 rings (SSSR count). The number of hydrogen-bond acceptors (Lipinski definition) is 5. The van der Waals surface area contributed by atoms with Crippen molar-refractivity contribution >= 4 is 0 Å². The van der Waals surface area contributed by atoms with Gasteiger partial charge in [0.1, 0.15) is 6.61 Å². The molecule has 1 heterocycles. The fourth-order valence-electron chi connectivity index (χ4n) is 1.12. The lowest BCUT2D eigenvalue weighted by atomic mass is 10.4. The topological polar surface area (TPSA) is 56.3 Å². The van der Waals surface area contributed by atoms with Crippen LogP contribution in [0.5, 0.6) is 11.8 Å². The summed E-state index contributed by atoms with van der Waals surface area (Å²) in [4.78, 5) is 8.13. The first-order valence-electron chi connectivity index (χ1n) is 5.53. The van der Waals surface area contributed by atoms with E-state index >= 15 is 0 Å². The molecule has 0 bridgehead atoms. The van der Waals surface area contributed by atoms with Crippen molar-refractivity contribution < 1.29 is 9.47 Å². The van der Waals surface area contributed by atoms with E-state index in [1.54, 1.807) is 12.4 Å². The lowest BCUT2D eigenvalue weighted by molar-refractivity contribution is 0.280. The number of rotatable bonds is 7. The van der Waals surface area contributed by atoms with Crippen LogP contribution in [-0.2, 0) is 0 Å². The van der Waals surface area contributed by atoms with Crippen molar-refractivity contribution in [2.45, 2.75) is 26.8 Å². The van der Waals surface area contributed by atoms with E-state index in [2.05, 4.69) is 29.1 Å². The third-order valence-corrected chi connectivity index (χ3v) is 1.79. The summed E-state index contributed by atoms with van der Waals surface area (Å²) in [6.45, 7) is 8.03. The first-order valence-corrected chi connectivity index (χ1v) is 5.53. The second-order valence-corrected chi connectivity index (χ2v) is 3.59. The van der Waals surface area contributed by atoms with Crippen LogP contribution in [-0.4, -0.2) is 35.8 Å². The van der Waals surface area contributed by atoms with Crippen LogP contribution >= 0.6 is 0 Å². The summed E-state index contributed by atoms with van der Waals surface area (Å²) in [6, 6.07) is 0.462. The molecule has 0 unspecified atom stereocenters. The summed E-state index contributed by atoms with van der Waals surface area (Å²) >= 11 is 0. The molecule has 0 aromatic carbocycles. The zero-order valence-corrected chi connectivity index (χ0v) is 10.1. The van der Waals surface area contributed by atoms with Crippen LogP contribution in [0.3, 0.4) is 0 Å². The van der Waals surface area contributed by atoms with E-state index in [0.29, 0.717) is 31.0 Å². The van der Waals surface area contributed by atoms with Gasteiger partial charge >= 0.3 is 0 Å². The summed E-state index contributed by atoms with van der Waals surface area (Å²) in [5.41, 5.74) is 0. The van der Waals surface area contributed by atoms with Crippen LogP contribution in [0.2, 0.25) is 0 Å². The van der Waals surface area contributed by atoms with Crippen LogP contribution in [0.25, 0.3) is 0 Å². The average molecular weight is 225 g/mol. The van der Waals surface area contributed by atoms with Gasteiger partial charge in [0.2, 0.25) is 11.8 Å². The highest BCUT2D eigenvalue weighted by Crippen LogP contribution is 2.10. The molecule has 90 valence electrons. The second kappa shape index (κ2) is 7.00. The quantitative estimate of drug-likeness (QED) is 0.708. The van der Waals surface area contributed by atoms with Gasteiger partial charge in [-0.05, 0) is 6.92 Å². The third-order valence-electron chi connectivity index (χ3n) is 1.79. The molecule has 0 fully saturated rings. The van der Waals surface area contributed by atoms with Gasteiger partial charge < -0.3 is 14.8 Å².